The minimum absolute atomic E-state index is 0.267. The Labute approximate surface area is 130 Å². The Bertz CT molecular complexity index is 673. The maximum atomic E-state index is 12.0. The average Bonchev–Trinajstić information content (AvgIpc) is 2.53. The van der Waals surface area contributed by atoms with Gasteiger partial charge >= 0.3 is 0 Å². The molecule has 0 radical (unpaired) electrons. The highest BCUT2D eigenvalue weighted by atomic mass is 16.2. The number of carbonyl (C=O) groups excluding carboxylic acids is 1. The predicted octanol–water partition coefficient (Wildman–Crippen LogP) is 2.61. The molecule has 1 aromatic carbocycles. The number of aryl methyl sites for hydroxylation is 1. The maximum absolute atomic E-state index is 12.0. The second-order valence-electron chi connectivity index (χ2n) is 5.27. The molecule has 1 heterocycles. The number of pyridine rings is 1. The fourth-order valence-corrected chi connectivity index (χ4v) is 1.87. The zero-order chi connectivity index (χ0) is 16.1. The van der Waals surface area contributed by atoms with Crippen molar-refractivity contribution in [3.63, 3.8) is 0 Å². The molecule has 114 valence electrons. The predicted molar refractivity (Wildman–Crippen MR) is 89.4 cm³/mol. The van der Waals surface area contributed by atoms with Gasteiger partial charge in [-0.2, -0.15) is 5.10 Å². The summed E-state index contributed by atoms with van der Waals surface area (Å²) in [5.41, 5.74) is 6.75. The van der Waals surface area contributed by atoms with Crippen LogP contribution in [0.1, 0.15) is 28.5 Å². The van der Waals surface area contributed by atoms with Gasteiger partial charge in [-0.05, 0) is 43.7 Å². The number of hydrazone groups is 1. The molecule has 0 aliphatic carbocycles. The largest absolute Gasteiger partial charge is 0.378 e. The summed E-state index contributed by atoms with van der Waals surface area (Å²) in [6.07, 6.45) is 1.54. The summed E-state index contributed by atoms with van der Waals surface area (Å²) in [4.78, 5) is 18.1. The van der Waals surface area contributed by atoms with Gasteiger partial charge in [0.1, 0.15) is 0 Å². The second kappa shape index (κ2) is 6.85. The highest BCUT2D eigenvalue weighted by Crippen LogP contribution is 2.12. The van der Waals surface area contributed by atoms with Crippen molar-refractivity contribution in [1.29, 1.82) is 0 Å². The standard InChI is InChI=1S/C17H20N4O/c1-12-5-6-15(11-18-12)17(22)20-19-13(2)14-7-9-16(10-8-14)21(3)4/h5-11H,1-4H3,(H,20,22). The van der Waals surface area contributed by atoms with E-state index in [4.69, 9.17) is 0 Å². The van der Waals surface area contributed by atoms with E-state index in [1.54, 1.807) is 18.3 Å². The van der Waals surface area contributed by atoms with Crippen LogP contribution in [0.3, 0.4) is 0 Å². The molecule has 1 N–H and O–H groups in total. The van der Waals surface area contributed by atoms with Gasteiger partial charge in [0.2, 0.25) is 0 Å². The summed E-state index contributed by atoms with van der Waals surface area (Å²) in [5.74, 6) is -0.267. The molecule has 0 atom stereocenters. The van der Waals surface area contributed by atoms with Crippen LogP contribution in [-0.4, -0.2) is 30.7 Å². The molecule has 1 aromatic heterocycles. The van der Waals surface area contributed by atoms with Crippen molar-refractivity contribution >= 4 is 17.3 Å². The molecule has 0 unspecified atom stereocenters. The van der Waals surface area contributed by atoms with Crippen LogP contribution in [-0.2, 0) is 0 Å². The molecule has 0 saturated carbocycles. The van der Waals surface area contributed by atoms with Crippen LogP contribution < -0.4 is 10.3 Å². The smallest absolute Gasteiger partial charge is 0.272 e. The van der Waals surface area contributed by atoms with Gasteiger partial charge in [0.25, 0.3) is 5.91 Å². The van der Waals surface area contributed by atoms with E-state index in [9.17, 15) is 4.79 Å². The molecule has 5 heteroatoms. The van der Waals surface area contributed by atoms with Gasteiger partial charge in [-0.15, -0.1) is 0 Å². The number of aromatic nitrogens is 1. The molecule has 0 spiro atoms. The monoisotopic (exact) mass is 296 g/mol. The molecule has 0 aliphatic rings. The number of carbonyl (C=O) groups is 1. The van der Waals surface area contributed by atoms with E-state index >= 15 is 0 Å². The molecular weight excluding hydrogens is 276 g/mol. The van der Waals surface area contributed by atoms with Gasteiger partial charge in [-0.1, -0.05) is 12.1 Å². The molecule has 0 aliphatic heterocycles. The number of anilines is 1. The SMILES string of the molecule is CC(=NNC(=O)c1ccc(C)nc1)c1ccc(N(C)C)cc1. The van der Waals surface area contributed by atoms with Crippen molar-refractivity contribution in [3.05, 3.63) is 59.4 Å². The van der Waals surface area contributed by atoms with Crippen molar-refractivity contribution < 1.29 is 4.79 Å². The normalized spacial score (nSPS) is 11.2. The number of amides is 1. The number of nitrogens with one attached hydrogen (secondary N) is 1. The van der Waals surface area contributed by atoms with Gasteiger partial charge in [0, 0.05) is 31.7 Å². The number of nitrogens with zero attached hydrogens (tertiary/aromatic N) is 3. The Balaban J connectivity index is 2.05. The van der Waals surface area contributed by atoms with Crippen molar-refractivity contribution in [3.8, 4) is 0 Å². The second-order valence-corrected chi connectivity index (χ2v) is 5.27. The highest BCUT2D eigenvalue weighted by Gasteiger charge is 2.05. The van der Waals surface area contributed by atoms with Gasteiger partial charge in [0.05, 0.1) is 11.3 Å². The van der Waals surface area contributed by atoms with Crippen LogP contribution in [0.2, 0.25) is 0 Å². The summed E-state index contributed by atoms with van der Waals surface area (Å²) >= 11 is 0. The van der Waals surface area contributed by atoms with Crippen molar-refractivity contribution in [1.82, 2.24) is 10.4 Å². The first-order chi connectivity index (χ1) is 10.5. The minimum Gasteiger partial charge on any atom is -0.378 e. The summed E-state index contributed by atoms with van der Waals surface area (Å²) < 4.78 is 0. The van der Waals surface area contributed by atoms with Crippen LogP contribution in [0.5, 0.6) is 0 Å². The van der Waals surface area contributed by atoms with Gasteiger partial charge in [-0.25, -0.2) is 5.43 Å². The van der Waals surface area contributed by atoms with E-state index in [1.165, 1.54) is 0 Å². The minimum atomic E-state index is -0.267. The summed E-state index contributed by atoms with van der Waals surface area (Å²) in [6.45, 7) is 3.74. The van der Waals surface area contributed by atoms with E-state index in [2.05, 4.69) is 15.5 Å². The molecule has 5 nitrogen and oxygen atoms in total. The van der Waals surface area contributed by atoms with Crippen LogP contribution >= 0.6 is 0 Å². The number of hydrogen-bond acceptors (Lipinski definition) is 4. The summed E-state index contributed by atoms with van der Waals surface area (Å²) in [6, 6.07) is 11.5. The fraction of sp³-hybridized carbons (Fsp3) is 0.235. The average molecular weight is 296 g/mol. The van der Waals surface area contributed by atoms with E-state index in [0.29, 0.717) is 5.56 Å². The zero-order valence-corrected chi connectivity index (χ0v) is 13.3. The van der Waals surface area contributed by atoms with Crippen LogP contribution in [0.25, 0.3) is 0 Å². The van der Waals surface area contributed by atoms with E-state index in [-0.39, 0.29) is 5.91 Å². The molecule has 0 fully saturated rings. The molecular formula is C17H20N4O. The molecule has 0 bridgehead atoms. The van der Waals surface area contributed by atoms with Crippen LogP contribution in [0.4, 0.5) is 5.69 Å². The first kappa shape index (κ1) is 15.7. The Kier molecular flexibility index (Phi) is 4.88. The topological polar surface area (TPSA) is 57.6 Å². The van der Waals surface area contributed by atoms with Gasteiger partial charge in [0.15, 0.2) is 0 Å². The fourth-order valence-electron chi connectivity index (χ4n) is 1.87. The lowest BCUT2D eigenvalue weighted by molar-refractivity contribution is 0.0954. The molecule has 2 rings (SSSR count). The number of rotatable bonds is 4. The van der Waals surface area contributed by atoms with Crippen molar-refractivity contribution in [2.45, 2.75) is 13.8 Å². The van der Waals surface area contributed by atoms with Gasteiger partial charge < -0.3 is 4.90 Å². The third kappa shape index (κ3) is 3.91. The third-order valence-corrected chi connectivity index (χ3v) is 3.30. The lowest BCUT2D eigenvalue weighted by atomic mass is 10.1. The summed E-state index contributed by atoms with van der Waals surface area (Å²) in [5, 5.41) is 4.14. The Morgan fingerprint density at radius 3 is 2.27 bits per heavy atom. The lowest BCUT2D eigenvalue weighted by Crippen LogP contribution is -2.19. The first-order valence-electron chi connectivity index (χ1n) is 7.02. The molecule has 22 heavy (non-hydrogen) atoms. The van der Waals surface area contributed by atoms with E-state index in [1.807, 2.05) is 57.1 Å². The van der Waals surface area contributed by atoms with Crippen molar-refractivity contribution in [2.24, 2.45) is 5.10 Å². The number of hydrogen-bond donors (Lipinski definition) is 1. The zero-order valence-electron chi connectivity index (χ0n) is 13.3. The first-order valence-corrected chi connectivity index (χ1v) is 7.02. The van der Waals surface area contributed by atoms with E-state index in [0.717, 1.165) is 22.7 Å². The van der Waals surface area contributed by atoms with Gasteiger partial charge in [-0.3, -0.25) is 9.78 Å². The van der Waals surface area contributed by atoms with Crippen molar-refractivity contribution in [2.75, 3.05) is 19.0 Å². The Morgan fingerprint density at radius 2 is 1.73 bits per heavy atom. The van der Waals surface area contributed by atoms with E-state index < -0.39 is 0 Å². The van der Waals surface area contributed by atoms with Crippen LogP contribution in [0, 0.1) is 6.92 Å². The highest BCUT2D eigenvalue weighted by molar-refractivity contribution is 6.01. The lowest BCUT2D eigenvalue weighted by Gasteiger charge is -2.12. The van der Waals surface area contributed by atoms with Crippen LogP contribution in [0.15, 0.2) is 47.7 Å². The Hall–Kier alpha value is -2.69. The summed E-state index contributed by atoms with van der Waals surface area (Å²) in [7, 11) is 3.98. The third-order valence-electron chi connectivity index (χ3n) is 3.30. The molecule has 0 saturated heterocycles. The maximum Gasteiger partial charge on any atom is 0.272 e. The number of benzene rings is 1. The quantitative estimate of drug-likeness (QED) is 0.697. The Morgan fingerprint density at radius 1 is 1.09 bits per heavy atom. The molecule has 2 aromatic rings. The molecule has 1 amide bonds.